The van der Waals surface area contributed by atoms with Crippen molar-refractivity contribution in [3.63, 3.8) is 0 Å². The number of hydrogen-bond acceptors (Lipinski definition) is 4. The van der Waals surface area contributed by atoms with E-state index < -0.39 is 17.3 Å². The Hall–Kier alpha value is -2.70. The summed E-state index contributed by atoms with van der Waals surface area (Å²) in [6.45, 7) is 1.53. The van der Waals surface area contributed by atoms with Crippen LogP contribution in [0.2, 0.25) is 0 Å². The monoisotopic (exact) mass is 288 g/mol. The van der Waals surface area contributed by atoms with Gasteiger partial charge in [0, 0.05) is 13.5 Å². The quantitative estimate of drug-likeness (QED) is 0.861. The molecule has 0 saturated heterocycles. The second-order valence-electron chi connectivity index (χ2n) is 4.94. The minimum absolute atomic E-state index is 0.195. The molecule has 110 valence electrons. The number of aryl methyl sites for hydroxylation is 1. The van der Waals surface area contributed by atoms with E-state index in [9.17, 15) is 14.7 Å². The zero-order valence-corrected chi connectivity index (χ0v) is 11.8. The number of aromatic nitrogens is 3. The maximum atomic E-state index is 12.1. The maximum Gasteiger partial charge on any atom is 0.314 e. The third-order valence-corrected chi connectivity index (χ3v) is 3.36. The number of rotatable bonds is 5. The number of anilines is 1. The Morgan fingerprint density at radius 3 is 2.52 bits per heavy atom. The summed E-state index contributed by atoms with van der Waals surface area (Å²) in [7, 11) is 1.64. The second-order valence-corrected chi connectivity index (χ2v) is 4.94. The Kier molecular flexibility index (Phi) is 4.02. The molecule has 1 amide bonds. The van der Waals surface area contributed by atoms with E-state index in [1.54, 1.807) is 37.4 Å². The summed E-state index contributed by atoms with van der Waals surface area (Å²) < 4.78 is 1.40. The van der Waals surface area contributed by atoms with Gasteiger partial charge in [0.15, 0.2) is 0 Å². The number of carboxylic acids is 1. The minimum atomic E-state index is -1.30. The van der Waals surface area contributed by atoms with Gasteiger partial charge in [-0.05, 0) is 12.5 Å². The van der Waals surface area contributed by atoms with Gasteiger partial charge in [0.05, 0.1) is 5.41 Å². The van der Waals surface area contributed by atoms with Crippen LogP contribution in [0.5, 0.6) is 0 Å². The summed E-state index contributed by atoms with van der Waals surface area (Å²) in [5, 5.41) is 15.9. The molecule has 1 heterocycles. The van der Waals surface area contributed by atoms with Crippen LogP contribution in [0.3, 0.4) is 0 Å². The number of aliphatic carboxylic acids is 1. The molecule has 1 atom stereocenters. The number of hydrogen-bond donors (Lipinski definition) is 2. The summed E-state index contributed by atoms with van der Waals surface area (Å²) in [4.78, 5) is 27.6. The molecule has 0 bridgehead atoms. The lowest BCUT2D eigenvalue weighted by molar-refractivity contribution is -0.145. The van der Waals surface area contributed by atoms with Crippen LogP contribution < -0.4 is 5.32 Å². The highest BCUT2D eigenvalue weighted by Crippen LogP contribution is 2.28. The molecular formula is C14H16N4O3. The van der Waals surface area contributed by atoms with Crippen LogP contribution in [0, 0.1) is 0 Å². The molecule has 0 spiro atoms. The van der Waals surface area contributed by atoms with E-state index in [-0.39, 0.29) is 12.4 Å². The van der Waals surface area contributed by atoms with Crippen LogP contribution in [-0.2, 0) is 22.1 Å². The number of carbonyl (C=O) groups excluding carboxylic acids is 1. The topological polar surface area (TPSA) is 97.1 Å². The molecule has 0 saturated carbocycles. The smallest absolute Gasteiger partial charge is 0.314 e. The first-order valence-corrected chi connectivity index (χ1v) is 6.36. The molecule has 21 heavy (non-hydrogen) atoms. The van der Waals surface area contributed by atoms with Crippen molar-refractivity contribution in [2.45, 2.75) is 18.8 Å². The minimum Gasteiger partial charge on any atom is -0.481 e. The lowest BCUT2D eigenvalue weighted by atomic mass is 9.79. The SMILES string of the molecule is Cn1ncnc1NC(=O)CC(C)(C(=O)O)c1ccccc1. The van der Waals surface area contributed by atoms with Gasteiger partial charge >= 0.3 is 5.97 Å². The third kappa shape index (κ3) is 3.07. The summed E-state index contributed by atoms with van der Waals surface area (Å²) in [6, 6.07) is 8.69. The van der Waals surface area contributed by atoms with Gasteiger partial charge in [0.2, 0.25) is 11.9 Å². The average molecular weight is 288 g/mol. The van der Waals surface area contributed by atoms with Crippen molar-refractivity contribution in [2.75, 3.05) is 5.32 Å². The number of amides is 1. The van der Waals surface area contributed by atoms with Gasteiger partial charge < -0.3 is 5.11 Å². The molecule has 0 radical (unpaired) electrons. The zero-order valence-electron chi connectivity index (χ0n) is 11.8. The normalized spacial score (nSPS) is 13.4. The molecule has 2 aromatic rings. The first-order valence-electron chi connectivity index (χ1n) is 6.36. The van der Waals surface area contributed by atoms with Gasteiger partial charge in [-0.25, -0.2) is 4.68 Å². The van der Waals surface area contributed by atoms with E-state index in [1.165, 1.54) is 17.9 Å². The fourth-order valence-electron chi connectivity index (χ4n) is 2.01. The molecule has 1 aromatic heterocycles. The molecule has 0 aliphatic heterocycles. The fraction of sp³-hybridized carbons (Fsp3) is 0.286. The van der Waals surface area contributed by atoms with Gasteiger partial charge in [-0.2, -0.15) is 10.1 Å². The van der Waals surface area contributed by atoms with E-state index in [2.05, 4.69) is 15.4 Å². The van der Waals surface area contributed by atoms with Gasteiger partial charge in [-0.15, -0.1) is 0 Å². The average Bonchev–Trinajstić information content (AvgIpc) is 2.84. The van der Waals surface area contributed by atoms with Crippen molar-refractivity contribution in [3.05, 3.63) is 42.2 Å². The second kappa shape index (κ2) is 5.74. The van der Waals surface area contributed by atoms with Crippen LogP contribution >= 0.6 is 0 Å². The highest BCUT2D eigenvalue weighted by molar-refractivity contribution is 5.95. The number of carboxylic acid groups (broad SMARTS) is 1. The van der Waals surface area contributed by atoms with Crippen LogP contribution in [-0.4, -0.2) is 31.7 Å². The lowest BCUT2D eigenvalue weighted by Crippen LogP contribution is -2.37. The molecule has 0 aliphatic rings. The van der Waals surface area contributed by atoms with Crippen LogP contribution in [0.1, 0.15) is 18.9 Å². The zero-order chi connectivity index (χ0) is 15.5. The summed E-state index contributed by atoms with van der Waals surface area (Å²) in [5.74, 6) is -1.21. The van der Waals surface area contributed by atoms with E-state index in [0.717, 1.165) is 0 Å². The highest BCUT2D eigenvalue weighted by atomic mass is 16.4. The lowest BCUT2D eigenvalue weighted by Gasteiger charge is -2.24. The third-order valence-electron chi connectivity index (χ3n) is 3.36. The van der Waals surface area contributed by atoms with Crippen molar-refractivity contribution in [1.29, 1.82) is 0 Å². The largest absolute Gasteiger partial charge is 0.481 e. The van der Waals surface area contributed by atoms with Gasteiger partial charge in [0.1, 0.15) is 6.33 Å². The Labute approximate surface area is 121 Å². The number of benzene rings is 1. The van der Waals surface area contributed by atoms with E-state index in [0.29, 0.717) is 5.56 Å². The van der Waals surface area contributed by atoms with Crippen molar-refractivity contribution >= 4 is 17.8 Å². The Balaban J connectivity index is 2.19. The van der Waals surface area contributed by atoms with Crippen molar-refractivity contribution in [2.24, 2.45) is 7.05 Å². The van der Waals surface area contributed by atoms with E-state index in [1.807, 2.05) is 0 Å². The first kappa shape index (κ1) is 14.7. The van der Waals surface area contributed by atoms with Gasteiger partial charge in [-0.1, -0.05) is 30.3 Å². The standard InChI is InChI=1S/C14H16N4O3/c1-14(12(20)21,10-6-4-3-5-7-10)8-11(19)17-13-15-9-16-18(13)2/h3-7,9H,8H2,1-2H3,(H,20,21)(H,15,16,17,19). The fourth-order valence-corrected chi connectivity index (χ4v) is 2.01. The molecule has 2 rings (SSSR count). The molecular weight excluding hydrogens is 272 g/mol. The predicted molar refractivity (Wildman–Crippen MR) is 75.7 cm³/mol. The Bertz CT molecular complexity index is 653. The number of carbonyl (C=O) groups is 2. The molecule has 0 fully saturated rings. The number of nitrogens with zero attached hydrogens (tertiary/aromatic N) is 3. The summed E-state index contributed by atoms with van der Waals surface area (Å²) >= 11 is 0. The molecule has 1 aromatic carbocycles. The van der Waals surface area contributed by atoms with Crippen molar-refractivity contribution < 1.29 is 14.7 Å². The first-order chi connectivity index (χ1) is 9.93. The van der Waals surface area contributed by atoms with Crippen molar-refractivity contribution in [1.82, 2.24) is 14.8 Å². The van der Waals surface area contributed by atoms with Crippen LogP contribution in [0.15, 0.2) is 36.7 Å². The Morgan fingerprint density at radius 1 is 1.33 bits per heavy atom. The predicted octanol–water partition coefficient (Wildman–Crippen LogP) is 1.19. The van der Waals surface area contributed by atoms with Gasteiger partial charge in [-0.3, -0.25) is 14.9 Å². The summed E-state index contributed by atoms with van der Waals surface area (Å²) in [6.07, 6.45) is 1.11. The van der Waals surface area contributed by atoms with E-state index in [4.69, 9.17) is 0 Å². The Morgan fingerprint density at radius 2 is 2.00 bits per heavy atom. The molecule has 2 N–H and O–H groups in total. The summed E-state index contributed by atoms with van der Waals surface area (Å²) in [5.41, 5.74) is -0.727. The van der Waals surface area contributed by atoms with Gasteiger partial charge in [0.25, 0.3) is 0 Å². The maximum absolute atomic E-state index is 12.1. The molecule has 1 unspecified atom stereocenters. The number of nitrogens with one attached hydrogen (secondary N) is 1. The van der Waals surface area contributed by atoms with E-state index >= 15 is 0 Å². The van der Waals surface area contributed by atoms with Crippen molar-refractivity contribution in [3.8, 4) is 0 Å². The molecule has 7 heteroatoms. The molecule has 7 nitrogen and oxygen atoms in total. The molecule has 0 aliphatic carbocycles. The highest BCUT2D eigenvalue weighted by Gasteiger charge is 2.37. The van der Waals surface area contributed by atoms with Crippen LogP contribution in [0.25, 0.3) is 0 Å². The van der Waals surface area contributed by atoms with Crippen LogP contribution in [0.4, 0.5) is 5.95 Å².